The number of nitrogens with one attached hydrogen (secondary N) is 1. The molecule has 0 saturated carbocycles. The van der Waals surface area contributed by atoms with Crippen molar-refractivity contribution in [3.8, 4) is 0 Å². The highest BCUT2D eigenvalue weighted by Gasteiger charge is 2.17. The number of hydrogen-bond acceptors (Lipinski definition) is 3. The predicted octanol–water partition coefficient (Wildman–Crippen LogP) is 3.47. The topological polar surface area (TPSA) is 51.1 Å². The molecule has 1 amide bonds. The van der Waals surface area contributed by atoms with Crippen molar-refractivity contribution >= 4 is 17.2 Å². The van der Waals surface area contributed by atoms with Crippen molar-refractivity contribution in [1.82, 2.24) is 9.88 Å². The maximum atomic E-state index is 13.0. The Balaban J connectivity index is 1.74. The third kappa shape index (κ3) is 4.05. The van der Waals surface area contributed by atoms with E-state index in [4.69, 9.17) is 0 Å². The molecule has 0 atom stereocenters. The fourth-order valence-electron chi connectivity index (χ4n) is 2.51. The first-order chi connectivity index (χ1) is 12.4. The van der Waals surface area contributed by atoms with Crippen molar-refractivity contribution in [3.05, 3.63) is 91.5 Å². The number of aromatic nitrogens is 1. The minimum Gasteiger partial charge on any atom is -0.347 e. The Kier molecular flexibility index (Phi) is 5.27. The van der Waals surface area contributed by atoms with Crippen molar-refractivity contribution in [3.63, 3.8) is 0 Å². The van der Waals surface area contributed by atoms with Crippen LogP contribution in [0.3, 0.4) is 0 Å². The first-order valence-corrected chi connectivity index (χ1v) is 8.73. The summed E-state index contributed by atoms with van der Waals surface area (Å²) < 4.78 is 27.4. The lowest BCUT2D eigenvalue weighted by atomic mass is 10.2. The number of carbonyl (C=O) groups is 1. The molecule has 0 aliphatic heterocycles. The van der Waals surface area contributed by atoms with E-state index in [2.05, 4.69) is 5.32 Å². The number of amides is 1. The van der Waals surface area contributed by atoms with E-state index in [0.717, 1.165) is 22.5 Å². The van der Waals surface area contributed by atoms with Crippen LogP contribution in [-0.2, 0) is 13.1 Å². The largest absolute Gasteiger partial charge is 0.347 e. The van der Waals surface area contributed by atoms with Crippen LogP contribution in [0.2, 0.25) is 0 Å². The van der Waals surface area contributed by atoms with Crippen LogP contribution in [-0.4, -0.2) is 10.5 Å². The second-order valence-electron chi connectivity index (χ2n) is 5.80. The normalized spacial score (nSPS) is 10.7. The molecule has 2 aromatic carbocycles. The minimum atomic E-state index is -0.355. The van der Waals surface area contributed by atoms with Gasteiger partial charge in [0.1, 0.15) is 16.5 Å². The maximum absolute atomic E-state index is 13.0. The molecule has 1 aromatic heterocycles. The van der Waals surface area contributed by atoms with Gasteiger partial charge in [0.05, 0.1) is 6.54 Å². The van der Waals surface area contributed by atoms with Crippen LogP contribution in [0.4, 0.5) is 8.78 Å². The Morgan fingerprint density at radius 1 is 1.00 bits per heavy atom. The van der Waals surface area contributed by atoms with E-state index in [0.29, 0.717) is 10.6 Å². The molecular formula is C19H16F2N2O2S. The van der Waals surface area contributed by atoms with E-state index < -0.39 is 0 Å². The minimum absolute atomic E-state index is 0.239. The van der Waals surface area contributed by atoms with Gasteiger partial charge >= 0.3 is 4.87 Å². The Morgan fingerprint density at radius 3 is 2.12 bits per heavy atom. The molecule has 0 fully saturated rings. The maximum Gasteiger partial charge on any atom is 0.308 e. The molecule has 134 valence electrons. The third-order valence-electron chi connectivity index (χ3n) is 3.97. The van der Waals surface area contributed by atoms with Crippen LogP contribution < -0.4 is 10.2 Å². The average molecular weight is 374 g/mol. The van der Waals surface area contributed by atoms with E-state index in [1.54, 1.807) is 31.2 Å². The van der Waals surface area contributed by atoms with E-state index in [-0.39, 0.29) is 35.5 Å². The van der Waals surface area contributed by atoms with Gasteiger partial charge in [-0.1, -0.05) is 35.6 Å². The Hall–Kier alpha value is -2.80. The zero-order valence-electron chi connectivity index (χ0n) is 14.0. The highest BCUT2D eigenvalue weighted by Crippen LogP contribution is 2.14. The summed E-state index contributed by atoms with van der Waals surface area (Å²) in [6.07, 6.45) is 0. The van der Waals surface area contributed by atoms with Gasteiger partial charge in [-0.05, 0) is 42.3 Å². The van der Waals surface area contributed by atoms with Gasteiger partial charge in [-0.25, -0.2) is 8.78 Å². The van der Waals surface area contributed by atoms with Gasteiger partial charge in [0.25, 0.3) is 5.91 Å². The van der Waals surface area contributed by atoms with Crippen LogP contribution in [0.5, 0.6) is 0 Å². The molecular weight excluding hydrogens is 358 g/mol. The van der Waals surface area contributed by atoms with Gasteiger partial charge in [0.2, 0.25) is 0 Å². The molecule has 0 unspecified atom stereocenters. The Bertz CT molecular complexity index is 976. The van der Waals surface area contributed by atoms with Crippen molar-refractivity contribution in [1.29, 1.82) is 0 Å². The number of rotatable bonds is 5. The molecule has 0 spiro atoms. The van der Waals surface area contributed by atoms with Crippen molar-refractivity contribution in [2.75, 3.05) is 0 Å². The molecule has 3 rings (SSSR count). The molecule has 1 N–H and O–H groups in total. The first-order valence-electron chi connectivity index (χ1n) is 7.91. The number of hydrogen-bond donors (Lipinski definition) is 1. The van der Waals surface area contributed by atoms with Crippen LogP contribution in [0, 0.1) is 18.6 Å². The van der Waals surface area contributed by atoms with Gasteiger partial charge in [-0.2, -0.15) is 0 Å². The van der Waals surface area contributed by atoms with Gasteiger partial charge in [-0.15, -0.1) is 0 Å². The number of benzene rings is 2. The highest BCUT2D eigenvalue weighted by atomic mass is 32.1. The molecule has 4 nitrogen and oxygen atoms in total. The van der Waals surface area contributed by atoms with Crippen LogP contribution in [0.25, 0.3) is 0 Å². The summed E-state index contributed by atoms with van der Waals surface area (Å²) >= 11 is 0.870. The van der Waals surface area contributed by atoms with Crippen LogP contribution >= 0.6 is 11.3 Å². The predicted molar refractivity (Wildman–Crippen MR) is 96.4 cm³/mol. The second kappa shape index (κ2) is 7.61. The smallest absolute Gasteiger partial charge is 0.308 e. The zero-order valence-corrected chi connectivity index (χ0v) is 14.8. The lowest BCUT2D eigenvalue weighted by Crippen LogP contribution is -2.23. The Labute approximate surface area is 152 Å². The molecule has 0 radical (unpaired) electrons. The van der Waals surface area contributed by atoms with Crippen molar-refractivity contribution in [2.45, 2.75) is 20.0 Å². The van der Waals surface area contributed by atoms with Crippen molar-refractivity contribution < 1.29 is 13.6 Å². The molecule has 0 aliphatic rings. The highest BCUT2D eigenvalue weighted by molar-refractivity contribution is 7.11. The molecule has 7 heteroatoms. The van der Waals surface area contributed by atoms with Gasteiger partial charge in [-0.3, -0.25) is 14.2 Å². The van der Waals surface area contributed by atoms with Crippen LogP contribution in [0.15, 0.2) is 53.3 Å². The first kappa shape index (κ1) is 18.0. The molecule has 3 aromatic rings. The van der Waals surface area contributed by atoms with Crippen molar-refractivity contribution in [2.24, 2.45) is 0 Å². The van der Waals surface area contributed by atoms with E-state index >= 15 is 0 Å². The third-order valence-corrected chi connectivity index (χ3v) is 5.05. The van der Waals surface area contributed by atoms with Gasteiger partial charge in [0.15, 0.2) is 0 Å². The van der Waals surface area contributed by atoms with Gasteiger partial charge in [0, 0.05) is 12.2 Å². The summed E-state index contributed by atoms with van der Waals surface area (Å²) in [6, 6.07) is 11.7. The summed E-state index contributed by atoms with van der Waals surface area (Å²) in [5.74, 6) is -1.04. The van der Waals surface area contributed by atoms with Gasteiger partial charge < -0.3 is 5.32 Å². The SMILES string of the molecule is Cc1c(C(=O)NCc2ccc(F)cc2)sc(=O)n1Cc1ccc(F)cc1. The monoisotopic (exact) mass is 374 g/mol. The number of nitrogens with zero attached hydrogens (tertiary/aromatic N) is 1. The Morgan fingerprint density at radius 2 is 1.54 bits per heavy atom. The molecule has 0 aliphatic carbocycles. The standard InChI is InChI=1S/C19H16F2N2O2S/c1-12-17(18(24)22-10-13-2-6-15(20)7-3-13)26-19(25)23(12)11-14-4-8-16(21)9-5-14/h2-9H,10-11H2,1H3,(H,22,24). The number of carbonyl (C=O) groups excluding carboxylic acids is 1. The fraction of sp³-hybridized carbons (Fsp3) is 0.158. The molecule has 0 saturated heterocycles. The summed E-state index contributed by atoms with van der Waals surface area (Å²) in [5.41, 5.74) is 2.09. The molecule has 26 heavy (non-hydrogen) atoms. The second-order valence-corrected chi connectivity index (χ2v) is 6.77. The quantitative estimate of drug-likeness (QED) is 0.743. The number of thiazole rings is 1. The number of halogens is 2. The van der Waals surface area contributed by atoms with Crippen LogP contribution in [0.1, 0.15) is 26.5 Å². The zero-order chi connectivity index (χ0) is 18.7. The summed E-state index contributed by atoms with van der Waals surface area (Å²) in [7, 11) is 0. The molecule has 1 heterocycles. The van der Waals surface area contributed by atoms with E-state index in [1.807, 2.05) is 0 Å². The molecule has 0 bridgehead atoms. The van der Waals surface area contributed by atoms with E-state index in [9.17, 15) is 18.4 Å². The fourth-order valence-corrected chi connectivity index (χ4v) is 3.42. The average Bonchev–Trinajstić information content (AvgIpc) is 2.91. The van der Waals surface area contributed by atoms with E-state index in [1.165, 1.54) is 28.8 Å². The summed E-state index contributed by atoms with van der Waals surface area (Å²) in [6.45, 7) is 2.21. The summed E-state index contributed by atoms with van der Waals surface area (Å²) in [4.78, 5) is 24.7. The lowest BCUT2D eigenvalue weighted by molar-refractivity contribution is 0.0954. The lowest BCUT2D eigenvalue weighted by Gasteiger charge is -2.07. The summed E-state index contributed by atoms with van der Waals surface area (Å²) in [5, 5.41) is 2.73.